The van der Waals surface area contributed by atoms with Gasteiger partial charge in [0.15, 0.2) is 0 Å². The van der Waals surface area contributed by atoms with Crippen molar-refractivity contribution in [2.45, 2.75) is 18.2 Å². The number of ether oxygens (including phenoxy) is 1. The highest BCUT2D eigenvalue weighted by molar-refractivity contribution is 5.78. The van der Waals surface area contributed by atoms with Crippen LogP contribution < -0.4 is 5.73 Å². The molecule has 0 amide bonds. The first-order valence-corrected chi connectivity index (χ1v) is 4.01. The predicted octanol–water partition coefficient (Wildman–Crippen LogP) is -1.24. The molecular weight excluding hydrogens is 206 g/mol. The van der Waals surface area contributed by atoms with E-state index in [0.29, 0.717) is 0 Å². The second-order valence-electron chi connectivity index (χ2n) is 2.84. The average Bonchev–Trinajstić information content (AvgIpc) is 2.11. The molecule has 0 aromatic carbocycles. The van der Waals surface area contributed by atoms with E-state index in [9.17, 15) is 14.7 Å². The summed E-state index contributed by atoms with van der Waals surface area (Å²) in [6.45, 7) is 3.19. The summed E-state index contributed by atoms with van der Waals surface area (Å²) in [5.41, 5.74) is 2.29. The SMILES string of the molecule is C=CCOC(CC(=O)O)[C@@](N)(O)C(=O)O. The third-order valence-corrected chi connectivity index (χ3v) is 1.61. The number of aliphatic carboxylic acids is 2. The van der Waals surface area contributed by atoms with Gasteiger partial charge < -0.3 is 20.1 Å². The Hall–Kier alpha value is -1.44. The van der Waals surface area contributed by atoms with Gasteiger partial charge in [0, 0.05) is 0 Å². The Labute approximate surface area is 85.8 Å². The minimum Gasteiger partial charge on any atom is -0.481 e. The highest BCUT2D eigenvalue weighted by atomic mass is 16.5. The number of nitrogens with two attached hydrogens (primary N) is 1. The number of hydrogen-bond donors (Lipinski definition) is 4. The molecule has 0 aromatic heterocycles. The van der Waals surface area contributed by atoms with E-state index in [1.807, 2.05) is 0 Å². The first kappa shape index (κ1) is 13.6. The van der Waals surface area contributed by atoms with E-state index in [2.05, 4.69) is 6.58 Å². The molecule has 0 heterocycles. The van der Waals surface area contributed by atoms with Crippen molar-refractivity contribution in [3.05, 3.63) is 12.7 Å². The van der Waals surface area contributed by atoms with E-state index in [1.54, 1.807) is 0 Å². The number of carboxylic acid groups (broad SMARTS) is 2. The minimum atomic E-state index is -2.73. The zero-order valence-corrected chi connectivity index (χ0v) is 7.92. The fraction of sp³-hybridized carbons (Fsp3) is 0.500. The Morgan fingerprint density at radius 1 is 1.53 bits per heavy atom. The molecule has 0 aliphatic rings. The molecule has 2 atom stereocenters. The molecule has 7 heteroatoms. The quantitative estimate of drug-likeness (QED) is 0.311. The van der Waals surface area contributed by atoms with Gasteiger partial charge in [-0.1, -0.05) is 6.08 Å². The van der Waals surface area contributed by atoms with Crippen LogP contribution in [0, 0.1) is 0 Å². The molecule has 0 aliphatic heterocycles. The van der Waals surface area contributed by atoms with Gasteiger partial charge in [0.25, 0.3) is 0 Å². The van der Waals surface area contributed by atoms with Crippen LogP contribution in [0.4, 0.5) is 0 Å². The molecule has 0 saturated carbocycles. The first-order valence-electron chi connectivity index (χ1n) is 4.01. The number of aliphatic hydroxyl groups is 1. The fourth-order valence-electron chi connectivity index (χ4n) is 0.822. The maximum absolute atomic E-state index is 10.5. The molecule has 15 heavy (non-hydrogen) atoms. The summed E-state index contributed by atoms with van der Waals surface area (Å²) >= 11 is 0. The molecule has 0 aliphatic carbocycles. The molecule has 1 unspecified atom stereocenters. The summed E-state index contributed by atoms with van der Waals surface area (Å²) in [5, 5.41) is 26.3. The van der Waals surface area contributed by atoms with E-state index in [4.69, 9.17) is 20.7 Å². The zero-order chi connectivity index (χ0) is 12.1. The predicted molar refractivity (Wildman–Crippen MR) is 49.0 cm³/mol. The van der Waals surface area contributed by atoms with Gasteiger partial charge in [-0.15, -0.1) is 6.58 Å². The summed E-state index contributed by atoms with van der Waals surface area (Å²) < 4.78 is 4.77. The van der Waals surface area contributed by atoms with Crippen LogP contribution in [0.5, 0.6) is 0 Å². The van der Waals surface area contributed by atoms with Crippen LogP contribution in [0.15, 0.2) is 12.7 Å². The summed E-state index contributed by atoms with van der Waals surface area (Å²) in [4.78, 5) is 20.9. The van der Waals surface area contributed by atoms with Crippen molar-refractivity contribution in [1.29, 1.82) is 0 Å². The highest BCUT2D eigenvalue weighted by Crippen LogP contribution is 2.12. The van der Waals surface area contributed by atoms with Crippen LogP contribution in [0.25, 0.3) is 0 Å². The Morgan fingerprint density at radius 2 is 2.07 bits per heavy atom. The van der Waals surface area contributed by atoms with Gasteiger partial charge in [0.2, 0.25) is 5.72 Å². The number of carboxylic acids is 2. The fourth-order valence-corrected chi connectivity index (χ4v) is 0.822. The molecule has 0 aromatic rings. The van der Waals surface area contributed by atoms with Crippen molar-refractivity contribution in [3.8, 4) is 0 Å². The van der Waals surface area contributed by atoms with E-state index >= 15 is 0 Å². The number of carbonyl (C=O) groups is 2. The van der Waals surface area contributed by atoms with Crippen molar-refractivity contribution < 1.29 is 29.6 Å². The molecule has 0 bridgehead atoms. The van der Waals surface area contributed by atoms with E-state index in [-0.39, 0.29) is 6.61 Å². The summed E-state index contributed by atoms with van der Waals surface area (Å²) in [7, 11) is 0. The summed E-state index contributed by atoms with van der Waals surface area (Å²) in [6.07, 6.45) is -0.967. The van der Waals surface area contributed by atoms with Gasteiger partial charge in [0.05, 0.1) is 13.0 Å². The minimum absolute atomic E-state index is 0.106. The van der Waals surface area contributed by atoms with Gasteiger partial charge >= 0.3 is 11.9 Å². The topological polar surface area (TPSA) is 130 Å². The largest absolute Gasteiger partial charge is 0.481 e. The number of hydrogen-bond acceptors (Lipinski definition) is 5. The van der Waals surface area contributed by atoms with Crippen LogP contribution in [0.2, 0.25) is 0 Å². The smallest absolute Gasteiger partial charge is 0.353 e. The van der Waals surface area contributed by atoms with Crippen molar-refractivity contribution >= 4 is 11.9 Å². The van der Waals surface area contributed by atoms with E-state index in [1.165, 1.54) is 6.08 Å². The Bertz CT molecular complexity index is 262. The Morgan fingerprint density at radius 3 is 2.40 bits per heavy atom. The van der Waals surface area contributed by atoms with Crippen LogP contribution in [0.3, 0.4) is 0 Å². The summed E-state index contributed by atoms with van der Waals surface area (Å²) in [6, 6.07) is 0. The van der Waals surface area contributed by atoms with E-state index < -0.39 is 30.2 Å². The molecule has 0 spiro atoms. The highest BCUT2D eigenvalue weighted by Gasteiger charge is 2.42. The standard InChI is InChI=1S/C8H13NO6/c1-2-3-15-5(4-6(10)11)8(9,14)7(12)13/h2,5,14H,1,3-4,9H2,(H,10,11)(H,12,13)/t5?,8-/m1/s1. The van der Waals surface area contributed by atoms with Gasteiger partial charge in [-0.05, 0) is 0 Å². The second-order valence-corrected chi connectivity index (χ2v) is 2.84. The molecule has 0 radical (unpaired) electrons. The van der Waals surface area contributed by atoms with Crippen molar-refractivity contribution in [2.75, 3.05) is 6.61 Å². The van der Waals surface area contributed by atoms with Crippen LogP contribution in [0.1, 0.15) is 6.42 Å². The van der Waals surface area contributed by atoms with Crippen molar-refractivity contribution in [1.82, 2.24) is 0 Å². The van der Waals surface area contributed by atoms with Gasteiger partial charge in [-0.3, -0.25) is 10.5 Å². The molecule has 0 rings (SSSR count). The summed E-state index contributed by atoms with van der Waals surface area (Å²) in [5.74, 6) is -3.08. The lowest BCUT2D eigenvalue weighted by atomic mass is 10.0. The molecule has 0 fully saturated rings. The van der Waals surface area contributed by atoms with Crippen LogP contribution in [-0.4, -0.2) is 45.7 Å². The van der Waals surface area contributed by atoms with Crippen molar-refractivity contribution in [3.63, 3.8) is 0 Å². The van der Waals surface area contributed by atoms with Crippen LogP contribution >= 0.6 is 0 Å². The zero-order valence-electron chi connectivity index (χ0n) is 7.92. The normalized spacial score (nSPS) is 16.4. The monoisotopic (exact) mass is 219 g/mol. The van der Waals surface area contributed by atoms with Gasteiger partial charge in [0.1, 0.15) is 6.10 Å². The van der Waals surface area contributed by atoms with E-state index in [0.717, 1.165) is 0 Å². The molecule has 7 nitrogen and oxygen atoms in total. The Kier molecular flexibility index (Phi) is 4.92. The third-order valence-electron chi connectivity index (χ3n) is 1.61. The lowest BCUT2D eigenvalue weighted by Crippen LogP contribution is -2.58. The lowest BCUT2D eigenvalue weighted by Gasteiger charge is -2.26. The molecule has 5 N–H and O–H groups in total. The number of rotatable bonds is 7. The molecule has 86 valence electrons. The third kappa shape index (κ3) is 4.07. The molecule has 0 saturated heterocycles. The maximum atomic E-state index is 10.5. The van der Waals surface area contributed by atoms with Gasteiger partial charge in [-0.25, -0.2) is 4.79 Å². The maximum Gasteiger partial charge on any atom is 0.353 e. The molecular formula is C8H13NO6. The second kappa shape index (κ2) is 5.44. The Balaban J connectivity index is 4.66. The van der Waals surface area contributed by atoms with Crippen LogP contribution in [-0.2, 0) is 14.3 Å². The average molecular weight is 219 g/mol. The first-order chi connectivity index (χ1) is 6.82. The lowest BCUT2D eigenvalue weighted by molar-refractivity contribution is -0.178. The van der Waals surface area contributed by atoms with Gasteiger partial charge in [-0.2, -0.15) is 0 Å². The van der Waals surface area contributed by atoms with Crippen molar-refractivity contribution in [2.24, 2.45) is 5.73 Å².